The number of halogens is 1. The van der Waals surface area contributed by atoms with Gasteiger partial charge in [-0.15, -0.1) is 0 Å². The summed E-state index contributed by atoms with van der Waals surface area (Å²) in [6, 6.07) is 5.28. The van der Waals surface area contributed by atoms with E-state index in [2.05, 4.69) is 5.14 Å². The molecule has 0 saturated heterocycles. The first-order chi connectivity index (χ1) is 7.21. The minimum atomic E-state index is -3.89. The Labute approximate surface area is 98.5 Å². The Morgan fingerprint density at radius 3 is 2.06 bits per heavy atom. The molecule has 90 valence electrons. The molecule has 0 aliphatic heterocycles. The van der Waals surface area contributed by atoms with Gasteiger partial charge in [-0.25, -0.2) is 22.0 Å². The van der Waals surface area contributed by atoms with E-state index in [1.54, 1.807) is 0 Å². The van der Waals surface area contributed by atoms with Crippen LogP contribution in [0.5, 0.6) is 0 Å². The maximum atomic E-state index is 11.5. The fourth-order valence-electron chi connectivity index (χ4n) is 0.857. The largest absolute Gasteiger partial charge is 0.241 e. The van der Waals surface area contributed by atoms with E-state index in [0.717, 1.165) is 0 Å². The molecule has 1 aromatic rings. The third kappa shape index (κ3) is 4.06. The molecular formula is C7H9ClN2O4S2. The highest BCUT2D eigenvalue weighted by Crippen LogP contribution is 2.13. The first-order valence-corrected chi connectivity index (χ1v) is 7.54. The predicted octanol–water partition coefficient (Wildman–Crippen LogP) is -0.136. The summed E-state index contributed by atoms with van der Waals surface area (Å²) in [5, 5.41) is 5.05. The molecule has 0 aliphatic carbocycles. The highest BCUT2D eigenvalue weighted by molar-refractivity contribution is 7.92. The Morgan fingerprint density at radius 1 is 1.12 bits per heavy atom. The molecule has 1 aromatic carbocycles. The molecule has 0 fully saturated rings. The quantitative estimate of drug-likeness (QED) is 0.803. The van der Waals surface area contributed by atoms with E-state index in [4.69, 9.17) is 11.6 Å². The van der Waals surface area contributed by atoms with E-state index in [1.165, 1.54) is 24.3 Å². The van der Waals surface area contributed by atoms with Crippen LogP contribution in [-0.2, 0) is 20.0 Å². The van der Waals surface area contributed by atoms with Gasteiger partial charge >= 0.3 is 0 Å². The number of hydrogen-bond acceptors (Lipinski definition) is 4. The standard InChI is InChI=1S/C7H9ClN2O4S2/c8-6-1-3-7(4-2-6)16(13,14)10-5-15(9,11)12/h1-4,10H,5H2,(H2,9,11,12). The van der Waals surface area contributed by atoms with Crippen molar-refractivity contribution >= 4 is 31.6 Å². The van der Waals surface area contributed by atoms with E-state index in [1.807, 2.05) is 4.72 Å². The Bertz CT molecular complexity index is 565. The summed E-state index contributed by atoms with van der Waals surface area (Å²) in [7, 11) is -7.77. The van der Waals surface area contributed by atoms with Crippen LogP contribution in [0.4, 0.5) is 0 Å². The molecule has 0 aromatic heterocycles. The molecule has 0 radical (unpaired) electrons. The second-order valence-corrected chi connectivity index (χ2v) is 6.73. The van der Waals surface area contributed by atoms with Gasteiger partial charge < -0.3 is 0 Å². The third-order valence-electron chi connectivity index (χ3n) is 1.57. The topological polar surface area (TPSA) is 106 Å². The van der Waals surface area contributed by atoms with Crippen LogP contribution < -0.4 is 9.86 Å². The molecule has 0 spiro atoms. The van der Waals surface area contributed by atoms with E-state index >= 15 is 0 Å². The lowest BCUT2D eigenvalue weighted by atomic mass is 10.4. The van der Waals surface area contributed by atoms with Crippen molar-refractivity contribution in [1.82, 2.24) is 4.72 Å². The van der Waals surface area contributed by atoms with Crippen molar-refractivity contribution in [3.63, 3.8) is 0 Å². The first-order valence-electron chi connectivity index (χ1n) is 3.96. The second kappa shape index (κ2) is 4.68. The molecule has 0 bridgehead atoms. The number of nitrogens with one attached hydrogen (secondary N) is 1. The fourth-order valence-corrected chi connectivity index (χ4v) is 2.92. The average molecular weight is 285 g/mol. The molecule has 3 N–H and O–H groups in total. The predicted molar refractivity (Wildman–Crippen MR) is 59.7 cm³/mol. The molecule has 0 aliphatic rings. The summed E-state index contributed by atoms with van der Waals surface area (Å²) in [5.41, 5.74) is 0. The van der Waals surface area contributed by atoms with Crippen molar-refractivity contribution in [2.45, 2.75) is 4.90 Å². The minimum Gasteiger partial charge on any atom is -0.228 e. The lowest BCUT2D eigenvalue weighted by Crippen LogP contribution is -2.33. The summed E-state index contributed by atoms with van der Waals surface area (Å²) in [5.74, 6) is -0.849. The van der Waals surface area contributed by atoms with Crippen molar-refractivity contribution in [2.75, 3.05) is 5.88 Å². The van der Waals surface area contributed by atoms with Crippen molar-refractivity contribution in [3.05, 3.63) is 29.3 Å². The smallest absolute Gasteiger partial charge is 0.228 e. The number of sulfonamides is 2. The van der Waals surface area contributed by atoms with Crippen LogP contribution >= 0.6 is 11.6 Å². The van der Waals surface area contributed by atoms with E-state index in [0.29, 0.717) is 5.02 Å². The van der Waals surface area contributed by atoms with Crippen LogP contribution in [0.25, 0.3) is 0 Å². The Kier molecular flexibility index (Phi) is 3.92. The van der Waals surface area contributed by atoms with E-state index < -0.39 is 25.9 Å². The zero-order chi connectivity index (χ0) is 12.4. The van der Waals surface area contributed by atoms with Crippen molar-refractivity contribution in [2.24, 2.45) is 5.14 Å². The Balaban J connectivity index is 2.91. The molecule has 0 unspecified atom stereocenters. The molecule has 0 atom stereocenters. The highest BCUT2D eigenvalue weighted by Gasteiger charge is 2.15. The number of benzene rings is 1. The van der Waals surface area contributed by atoms with Gasteiger partial charge in [0.25, 0.3) is 0 Å². The zero-order valence-corrected chi connectivity index (χ0v) is 10.3. The average Bonchev–Trinajstić information content (AvgIpc) is 2.15. The normalized spacial score (nSPS) is 12.6. The number of hydrogen-bond donors (Lipinski definition) is 2. The highest BCUT2D eigenvalue weighted by atomic mass is 35.5. The van der Waals surface area contributed by atoms with Crippen LogP contribution in [0, 0.1) is 0 Å². The molecule has 9 heteroatoms. The summed E-state index contributed by atoms with van der Waals surface area (Å²) in [4.78, 5) is -0.0828. The molecule has 0 saturated carbocycles. The van der Waals surface area contributed by atoms with Gasteiger partial charge in [-0.2, -0.15) is 4.72 Å². The van der Waals surface area contributed by atoms with Crippen LogP contribution in [-0.4, -0.2) is 22.7 Å². The lowest BCUT2D eigenvalue weighted by Gasteiger charge is -2.05. The summed E-state index contributed by atoms with van der Waals surface area (Å²) in [6.45, 7) is 0. The van der Waals surface area contributed by atoms with E-state index in [-0.39, 0.29) is 4.90 Å². The maximum absolute atomic E-state index is 11.5. The molecule has 0 heterocycles. The fraction of sp³-hybridized carbons (Fsp3) is 0.143. The molecule has 0 amide bonds. The van der Waals surface area contributed by atoms with Crippen LogP contribution in [0.2, 0.25) is 5.02 Å². The van der Waals surface area contributed by atoms with Gasteiger partial charge in [-0.05, 0) is 24.3 Å². The van der Waals surface area contributed by atoms with Gasteiger partial charge in [-0.3, -0.25) is 0 Å². The first kappa shape index (κ1) is 13.4. The van der Waals surface area contributed by atoms with Crippen molar-refractivity contribution < 1.29 is 16.8 Å². The maximum Gasteiger partial charge on any atom is 0.241 e. The van der Waals surface area contributed by atoms with Gasteiger partial charge in [0, 0.05) is 5.02 Å². The summed E-state index contributed by atoms with van der Waals surface area (Å²) in [6.07, 6.45) is 0. The zero-order valence-electron chi connectivity index (χ0n) is 7.92. The van der Waals surface area contributed by atoms with Gasteiger partial charge in [0.05, 0.1) is 4.90 Å². The summed E-state index contributed by atoms with van der Waals surface area (Å²) >= 11 is 5.58. The van der Waals surface area contributed by atoms with Crippen LogP contribution in [0.15, 0.2) is 29.2 Å². The van der Waals surface area contributed by atoms with Gasteiger partial charge in [0.1, 0.15) is 5.88 Å². The summed E-state index contributed by atoms with van der Waals surface area (Å²) < 4.78 is 46.1. The molecule has 16 heavy (non-hydrogen) atoms. The van der Waals surface area contributed by atoms with Crippen molar-refractivity contribution in [3.8, 4) is 0 Å². The van der Waals surface area contributed by atoms with Gasteiger partial charge in [0.2, 0.25) is 20.0 Å². The van der Waals surface area contributed by atoms with Crippen LogP contribution in [0.1, 0.15) is 0 Å². The van der Waals surface area contributed by atoms with Crippen LogP contribution in [0.3, 0.4) is 0 Å². The Hall–Kier alpha value is -0.670. The minimum absolute atomic E-state index is 0.0828. The second-order valence-electron chi connectivity index (χ2n) is 2.91. The molecule has 6 nitrogen and oxygen atoms in total. The third-order valence-corrected chi connectivity index (χ3v) is 3.97. The molecular weight excluding hydrogens is 276 g/mol. The van der Waals surface area contributed by atoms with E-state index in [9.17, 15) is 16.8 Å². The van der Waals surface area contributed by atoms with Gasteiger partial charge in [-0.1, -0.05) is 11.6 Å². The SMILES string of the molecule is NS(=O)(=O)CNS(=O)(=O)c1ccc(Cl)cc1. The van der Waals surface area contributed by atoms with Gasteiger partial charge in [0.15, 0.2) is 0 Å². The van der Waals surface area contributed by atoms with Crippen molar-refractivity contribution in [1.29, 1.82) is 0 Å². The number of primary sulfonamides is 1. The number of nitrogens with two attached hydrogens (primary N) is 1. The lowest BCUT2D eigenvalue weighted by molar-refractivity contribution is 0.576. The Morgan fingerprint density at radius 2 is 1.62 bits per heavy atom. The monoisotopic (exact) mass is 284 g/mol. The molecule has 1 rings (SSSR count). The number of rotatable bonds is 4.